The van der Waals surface area contributed by atoms with Crippen molar-refractivity contribution in [1.82, 2.24) is 15.0 Å². The molecule has 4 rings (SSSR count). The van der Waals surface area contributed by atoms with Gasteiger partial charge in [0.15, 0.2) is 5.69 Å². The van der Waals surface area contributed by atoms with E-state index >= 15 is 0 Å². The van der Waals surface area contributed by atoms with Crippen molar-refractivity contribution in [3.8, 4) is 21.3 Å². The molecule has 3 aromatic heterocycles. The average molecular weight is 355 g/mol. The summed E-state index contributed by atoms with van der Waals surface area (Å²) < 4.78 is 6.04. The van der Waals surface area contributed by atoms with Crippen LogP contribution < -0.4 is 4.90 Å². The van der Waals surface area contributed by atoms with E-state index in [1.165, 1.54) is 0 Å². The topological polar surface area (TPSA) is 76.6 Å². The number of anilines is 1. The van der Waals surface area contributed by atoms with Gasteiger partial charge in [0, 0.05) is 38.0 Å². The third-order valence-electron chi connectivity index (χ3n) is 4.01. The van der Waals surface area contributed by atoms with Crippen molar-refractivity contribution in [2.75, 3.05) is 25.6 Å². The Hall–Kier alpha value is -2.74. The molecule has 0 saturated heterocycles. The number of hydrogen-bond acceptors (Lipinski definition) is 8. The number of oxime groups is 1. The lowest BCUT2D eigenvalue weighted by Gasteiger charge is -2.21. The zero-order valence-electron chi connectivity index (χ0n) is 14.2. The number of oxazole rings is 1. The highest BCUT2D eigenvalue weighted by Crippen LogP contribution is 2.38. The summed E-state index contributed by atoms with van der Waals surface area (Å²) in [6.45, 7) is 2.77. The van der Waals surface area contributed by atoms with E-state index in [4.69, 9.17) is 9.25 Å². The molecule has 0 bridgehead atoms. The van der Waals surface area contributed by atoms with E-state index < -0.39 is 0 Å². The van der Waals surface area contributed by atoms with Gasteiger partial charge in [-0.05, 0) is 19.1 Å². The second kappa shape index (κ2) is 6.29. The quantitative estimate of drug-likeness (QED) is 0.671. The van der Waals surface area contributed by atoms with E-state index in [1.54, 1.807) is 30.8 Å². The Kier molecular flexibility index (Phi) is 3.96. The monoisotopic (exact) mass is 355 g/mol. The molecule has 0 radical (unpaired) electrons. The summed E-state index contributed by atoms with van der Waals surface area (Å²) >= 11 is 1.55. The van der Waals surface area contributed by atoms with Crippen molar-refractivity contribution < 1.29 is 9.25 Å². The Morgan fingerprint density at radius 2 is 2.24 bits per heavy atom. The summed E-state index contributed by atoms with van der Waals surface area (Å²) in [5.74, 6) is 1.28. The molecule has 128 valence electrons. The zero-order valence-corrected chi connectivity index (χ0v) is 15.0. The first kappa shape index (κ1) is 15.8. The number of aryl methyl sites for hydroxylation is 1. The minimum absolute atomic E-state index is 0.563. The van der Waals surface area contributed by atoms with Crippen LogP contribution in [0.1, 0.15) is 17.8 Å². The molecule has 25 heavy (non-hydrogen) atoms. The van der Waals surface area contributed by atoms with Crippen molar-refractivity contribution in [2.45, 2.75) is 13.3 Å². The Morgan fingerprint density at radius 3 is 3.00 bits per heavy atom. The fourth-order valence-electron chi connectivity index (χ4n) is 2.76. The number of nitrogens with zero attached hydrogens (tertiary/aromatic N) is 5. The standard InChI is InChI=1S/C17H17N5O2S/c1-10-14(25-16(19-10)11-5-4-7-18-9-11)15-20-13-12(21-23-3)6-8-22(2)17(13)24-15/h4-5,7,9H,6,8H2,1-3H3. The van der Waals surface area contributed by atoms with E-state index in [9.17, 15) is 0 Å². The second-order valence-electron chi connectivity index (χ2n) is 5.74. The largest absolute Gasteiger partial charge is 0.419 e. The number of fused-ring (bicyclic) bond motifs is 1. The summed E-state index contributed by atoms with van der Waals surface area (Å²) in [5.41, 5.74) is 3.41. The fourth-order valence-corrected chi connectivity index (χ4v) is 3.74. The molecule has 8 heteroatoms. The molecule has 0 unspecified atom stereocenters. The predicted octanol–water partition coefficient (Wildman–Crippen LogP) is 3.36. The van der Waals surface area contributed by atoms with Crippen LogP contribution in [0.3, 0.4) is 0 Å². The summed E-state index contributed by atoms with van der Waals surface area (Å²) in [7, 11) is 3.53. The maximum atomic E-state index is 6.04. The first-order valence-electron chi connectivity index (χ1n) is 7.88. The minimum Gasteiger partial charge on any atom is -0.419 e. The molecular formula is C17H17N5O2S. The summed E-state index contributed by atoms with van der Waals surface area (Å²) in [6.07, 6.45) is 4.32. The van der Waals surface area contributed by atoms with Gasteiger partial charge in [0.1, 0.15) is 22.7 Å². The van der Waals surface area contributed by atoms with E-state index in [1.807, 2.05) is 31.0 Å². The maximum absolute atomic E-state index is 6.04. The van der Waals surface area contributed by atoms with Gasteiger partial charge in [0.05, 0.1) is 5.69 Å². The highest BCUT2D eigenvalue weighted by atomic mass is 32.1. The van der Waals surface area contributed by atoms with Crippen molar-refractivity contribution in [1.29, 1.82) is 0 Å². The molecule has 0 aliphatic carbocycles. The summed E-state index contributed by atoms with van der Waals surface area (Å²) in [5, 5.41) is 4.99. The molecule has 0 saturated carbocycles. The van der Waals surface area contributed by atoms with Crippen LogP contribution in [0.5, 0.6) is 0 Å². The van der Waals surface area contributed by atoms with Gasteiger partial charge < -0.3 is 14.2 Å². The number of aromatic nitrogens is 3. The van der Waals surface area contributed by atoms with Crippen LogP contribution in [0.15, 0.2) is 34.1 Å². The Bertz CT molecular complexity index is 932. The van der Waals surface area contributed by atoms with E-state index in [2.05, 4.69) is 20.1 Å². The second-order valence-corrected chi connectivity index (χ2v) is 6.74. The summed E-state index contributed by atoms with van der Waals surface area (Å²) in [6, 6.07) is 3.89. The van der Waals surface area contributed by atoms with Gasteiger partial charge in [0.2, 0.25) is 11.8 Å². The Morgan fingerprint density at radius 1 is 1.36 bits per heavy atom. The molecule has 0 spiro atoms. The fraction of sp³-hybridized carbons (Fsp3) is 0.294. The molecule has 4 heterocycles. The van der Waals surface area contributed by atoms with E-state index in [0.717, 1.165) is 45.5 Å². The number of hydrogen-bond donors (Lipinski definition) is 0. The highest BCUT2D eigenvalue weighted by Gasteiger charge is 2.28. The van der Waals surface area contributed by atoms with Crippen LogP contribution in [0.2, 0.25) is 0 Å². The molecule has 0 fully saturated rings. The van der Waals surface area contributed by atoms with Gasteiger partial charge >= 0.3 is 0 Å². The van der Waals surface area contributed by atoms with Crippen LogP contribution in [0, 0.1) is 6.92 Å². The van der Waals surface area contributed by atoms with Crippen LogP contribution in [0.4, 0.5) is 5.88 Å². The third-order valence-corrected chi connectivity index (χ3v) is 5.21. The van der Waals surface area contributed by atoms with Crippen LogP contribution >= 0.6 is 11.3 Å². The lowest BCUT2D eigenvalue weighted by atomic mass is 10.1. The molecule has 0 amide bonds. The van der Waals surface area contributed by atoms with Gasteiger partial charge in [-0.3, -0.25) is 4.98 Å². The first-order chi connectivity index (χ1) is 12.2. The normalized spacial score (nSPS) is 15.5. The van der Waals surface area contributed by atoms with Crippen LogP contribution in [-0.2, 0) is 4.84 Å². The zero-order chi connectivity index (χ0) is 17.4. The van der Waals surface area contributed by atoms with Gasteiger partial charge in [-0.2, -0.15) is 0 Å². The maximum Gasteiger partial charge on any atom is 0.241 e. The van der Waals surface area contributed by atoms with Gasteiger partial charge in [-0.15, -0.1) is 11.3 Å². The van der Waals surface area contributed by atoms with Crippen molar-refractivity contribution in [3.05, 3.63) is 35.9 Å². The molecule has 0 atom stereocenters. The lowest BCUT2D eigenvalue weighted by molar-refractivity contribution is 0.212. The van der Waals surface area contributed by atoms with Crippen LogP contribution in [0.25, 0.3) is 21.3 Å². The van der Waals surface area contributed by atoms with E-state index in [-0.39, 0.29) is 0 Å². The molecular weight excluding hydrogens is 338 g/mol. The Labute approximate surface area is 149 Å². The molecule has 7 nitrogen and oxygen atoms in total. The van der Waals surface area contributed by atoms with Gasteiger partial charge in [0.25, 0.3) is 0 Å². The van der Waals surface area contributed by atoms with Crippen molar-refractivity contribution >= 4 is 22.9 Å². The average Bonchev–Trinajstić information content (AvgIpc) is 3.23. The molecule has 1 aliphatic heterocycles. The third kappa shape index (κ3) is 2.78. The molecule has 3 aromatic rings. The lowest BCUT2D eigenvalue weighted by Crippen LogP contribution is -2.28. The number of rotatable bonds is 3. The number of thiazole rings is 1. The SMILES string of the molecule is CON=C1CCN(C)c2oc(-c3sc(-c4cccnc4)nc3C)nc21. The van der Waals surface area contributed by atoms with Crippen molar-refractivity contribution in [3.63, 3.8) is 0 Å². The first-order valence-corrected chi connectivity index (χ1v) is 8.69. The van der Waals surface area contributed by atoms with Gasteiger partial charge in [-0.1, -0.05) is 5.16 Å². The molecule has 0 aromatic carbocycles. The predicted molar refractivity (Wildman–Crippen MR) is 97.0 cm³/mol. The highest BCUT2D eigenvalue weighted by molar-refractivity contribution is 7.18. The van der Waals surface area contributed by atoms with E-state index in [0.29, 0.717) is 11.8 Å². The van der Waals surface area contributed by atoms with Gasteiger partial charge in [-0.25, -0.2) is 9.97 Å². The van der Waals surface area contributed by atoms with Crippen LogP contribution in [-0.4, -0.2) is 41.4 Å². The summed E-state index contributed by atoms with van der Waals surface area (Å²) in [4.78, 5) is 21.4. The minimum atomic E-state index is 0.563. The molecule has 0 N–H and O–H groups in total. The number of pyridine rings is 1. The molecule has 1 aliphatic rings. The van der Waals surface area contributed by atoms with Crippen molar-refractivity contribution in [2.24, 2.45) is 5.16 Å². The Balaban J connectivity index is 1.78. The smallest absolute Gasteiger partial charge is 0.241 e.